The zero-order chi connectivity index (χ0) is 13.1. The van der Waals surface area contributed by atoms with Crippen LogP contribution < -0.4 is 5.32 Å². The summed E-state index contributed by atoms with van der Waals surface area (Å²) >= 11 is 1.52. The van der Waals surface area contributed by atoms with E-state index in [1.807, 2.05) is 0 Å². The fourth-order valence-electron chi connectivity index (χ4n) is 1.61. The molecule has 0 bridgehead atoms. The summed E-state index contributed by atoms with van der Waals surface area (Å²) in [6, 6.07) is 0.705. The Morgan fingerprint density at radius 2 is 2.21 bits per heavy atom. The van der Waals surface area contributed by atoms with Crippen LogP contribution in [0.2, 0.25) is 0 Å². The van der Waals surface area contributed by atoms with Crippen molar-refractivity contribution in [3.8, 4) is 0 Å². The van der Waals surface area contributed by atoms with E-state index in [9.17, 15) is 0 Å². The maximum Gasteiger partial charge on any atom is 0.209 e. The number of tetrazole rings is 2. The van der Waals surface area contributed by atoms with Gasteiger partial charge in [-0.2, -0.15) is 4.80 Å². The van der Waals surface area contributed by atoms with Gasteiger partial charge >= 0.3 is 0 Å². The molecule has 10 heteroatoms. The van der Waals surface area contributed by atoms with Crippen molar-refractivity contribution in [3.63, 3.8) is 0 Å². The van der Waals surface area contributed by atoms with Crippen LogP contribution in [-0.4, -0.2) is 53.0 Å². The monoisotopic (exact) mass is 281 g/mol. The van der Waals surface area contributed by atoms with E-state index in [0.29, 0.717) is 17.6 Å². The highest BCUT2D eigenvalue weighted by atomic mass is 32.2. The van der Waals surface area contributed by atoms with Crippen molar-refractivity contribution in [1.82, 2.24) is 45.7 Å². The van der Waals surface area contributed by atoms with Gasteiger partial charge in [0.2, 0.25) is 5.16 Å². The van der Waals surface area contributed by atoms with Crippen LogP contribution >= 0.6 is 11.8 Å². The summed E-state index contributed by atoms with van der Waals surface area (Å²) in [5.41, 5.74) is 0. The topological polar surface area (TPSA) is 99.2 Å². The minimum absolute atomic E-state index is 0.615. The van der Waals surface area contributed by atoms with Crippen LogP contribution in [0, 0.1) is 0 Å². The van der Waals surface area contributed by atoms with Gasteiger partial charge in [0.25, 0.3) is 0 Å². The molecular formula is C9H15N9S. The molecule has 9 nitrogen and oxygen atoms in total. The van der Waals surface area contributed by atoms with Crippen LogP contribution in [0.5, 0.6) is 0 Å². The predicted molar refractivity (Wildman–Crippen MR) is 67.2 cm³/mol. The minimum atomic E-state index is 0.615. The molecule has 0 spiro atoms. The standard InChI is InChI=1S/C9H15N9S/c1-17-13-8(11-15-17)6-19-9-12-14-16-18(9)5-4-10-7-2-3-7/h7,10H,2-6H2,1H3. The zero-order valence-corrected chi connectivity index (χ0v) is 11.4. The van der Waals surface area contributed by atoms with Crippen molar-refractivity contribution in [2.75, 3.05) is 6.54 Å². The van der Waals surface area contributed by atoms with Crippen molar-refractivity contribution >= 4 is 11.8 Å². The van der Waals surface area contributed by atoms with Gasteiger partial charge in [0, 0.05) is 12.6 Å². The summed E-state index contributed by atoms with van der Waals surface area (Å²) in [5, 5.41) is 27.7. The highest BCUT2D eigenvalue weighted by molar-refractivity contribution is 7.98. The van der Waals surface area contributed by atoms with Gasteiger partial charge in [0.1, 0.15) is 0 Å². The SMILES string of the molecule is Cn1nnc(CSc2nnnn2CCNC2CC2)n1. The molecule has 0 amide bonds. The molecule has 2 aromatic heterocycles. The summed E-state index contributed by atoms with van der Waals surface area (Å²) in [6.45, 7) is 1.67. The molecule has 1 aliphatic carbocycles. The van der Waals surface area contributed by atoms with E-state index in [0.717, 1.165) is 18.2 Å². The number of nitrogens with zero attached hydrogens (tertiary/aromatic N) is 8. The summed E-state index contributed by atoms with van der Waals surface area (Å²) in [5.74, 6) is 1.29. The molecule has 1 fully saturated rings. The number of nitrogens with one attached hydrogen (secondary N) is 1. The van der Waals surface area contributed by atoms with Gasteiger partial charge in [-0.1, -0.05) is 11.8 Å². The molecule has 0 atom stereocenters. The predicted octanol–water partition coefficient (Wildman–Crippen LogP) is -0.759. The molecule has 2 aromatic rings. The molecule has 102 valence electrons. The first-order chi connectivity index (χ1) is 9.31. The average Bonchev–Trinajstić information content (AvgIpc) is 2.95. The van der Waals surface area contributed by atoms with Crippen LogP contribution in [-0.2, 0) is 19.3 Å². The number of aryl methyl sites for hydroxylation is 1. The lowest BCUT2D eigenvalue weighted by atomic mass is 10.6. The third kappa shape index (κ3) is 3.47. The van der Waals surface area contributed by atoms with Crippen LogP contribution in [0.1, 0.15) is 18.7 Å². The molecular weight excluding hydrogens is 266 g/mol. The van der Waals surface area contributed by atoms with Crippen LogP contribution in [0.3, 0.4) is 0 Å². The van der Waals surface area contributed by atoms with E-state index in [-0.39, 0.29) is 0 Å². The van der Waals surface area contributed by atoms with Crippen molar-refractivity contribution < 1.29 is 0 Å². The van der Waals surface area contributed by atoms with E-state index >= 15 is 0 Å². The summed E-state index contributed by atoms with van der Waals surface area (Å²) in [4.78, 5) is 1.44. The highest BCUT2D eigenvalue weighted by Crippen LogP contribution is 2.19. The number of aromatic nitrogens is 8. The summed E-state index contributed by atoms with van der Waals surface area (Å²) in [6.07, 6.45) is 2.57. The second-order valence-electron chi connectivity index (χ2n) is 4.40. The third-order valence-electron chi connectivity index (χ3n) is 2.71. The molecule has 1 saturated carbocycles. The van der Waals surface area contributed by atoms with Gasteiger partial charge in [0.05, 0.1) is 19.3 Å². The summed E-state index contributed by atoms with van der Waals surface area (Å²) in [7, 11) is 1.74. The Balaban J connectivity index is 1.50. The fraction of sp³-hybridized carbons (Fsp3) is 0.778. The van der Waals surface area contributed by atoms with Gasteiger partial charge in [-0.05, 0) is 28.5 Å². The van der Waals surface area contributed by atoms with Gasteiger partial charge < -0.3 is 5.32 Å². The molecule has 0 radical (unpaired) electrons. The Labute approximate surface area is 114 Å². The average molecular weight is 281 g/mol. The lowest BCUT2D eigenvalue weighted by Gasteiger charge is -2.04. The maximum atomic E-state index is 4.12. The van der Waals surface area contributed by atoms with Crippen molar-refractivity contribution in [3.05, 3.63) is 5.82 Å². The van der Waals surface area contributed by atoms with Crippen molar-refractivity contribution in [2.24, 2.45) is 7.05 Å². The van der Waals surface area contributed by atoms with Gasteiger partial charge in [-0.3, -0.25) is 0 Å². The number of hydrogen-bond acceptors (Lipinski definition) is 8. The van der Waals surface area contributed by atoms with Crippen LogP contribution in [0.15, 0.2) is 5.16 Å². The second kappa shape index (κ2) is 5.61. The van der Waals surface area contributed by atoms with E-state index in [1.165, 1.54) is 29.4 Å². The Hall–Kier alpha value is -1.55. The zero-order valence-electron chi connectivity index (χ0n) is 10.6. The molecule has 2 heterocycles. The molecule has 1 N–H and O–H groups in total. The van der Waals surface area contributed by atoms with Crippen LogP contribution in [0.4, 0.5) is 0 Å². The molecule has 0 aliphatic heterocycles. The maximum absolute atomic E-state index is 4.12. The van der Waals surface area contributed by atoms with E-state index in [4.69, 9.17) is 0 Å². The Morgan fingerprint density at radius 3 is 2.95 bits per heavy atom. The van der Waals surface area contributed by atoms with Gasteiger partial charge in [-0.25, -0.2) is 4.68 Å². The molecule has 0 unspecified atom stereocenters. The highest BCUT2D eigenvalue weighted by Gasteiger charge is 2.20. The lowest BCUT2D eigenvalue weighted by Crippen LogP contribution is -2.22. The number of hydrogen-bond donors (Lipinski definition) is 1. The van der Waals surface area contributed by atoms with E-state index in [2.05, 4.69) is 36.3 Å². The lowest BCUT2D eigenvalue weighted by molar-refractivity contribution is 0.509. The Bertz CT molecular complexity index is 531. The normalized spacial score (nSPS) is 15.0. The van der Waals surface area contributed by atoms with Crippen LogP contribution in [0.25, 0.3) is 0 Å². The first kappa shape index (κ1) is 12.5. The Kier molecular flexibility index (Phi) is 3.69. The second-order valence-corrected chi connectivity index (χ2v) is 5.34. The minimum Gasteiger partial charge on any atom is -0.312 e. The first-order valence-electron chi connectivity index (χ1n) is 6.16. The van der Waals surface area contributed by atoms with E-state index in [1.54, 1.807) is 11.7 Å². The van der Waals surface area contributed by atoms with Gasteiger partial charge in [-0.15, -0.1) is 15.3 Å². The number of thioether (sulfide) groups is 1. The van der Waals surface area contributed by atoms with Crippen molar-refractivity contribution in [1.29, 1.82) is 0 Å². The first-order valence-corrected chi connectivity index (χ1v) is 7.15. The number of rotatable bonds is 7. The Morgan fingerprint density at radius 1 is 1.32 bits per heavy atom. The van der Waals surface area contributed by atoms with Crippen molar-refractivity contribution in [2.45, 2.75) is 36.3 Å². The largest absolute Gasteiger partial charge is 0.312 e. The fourth-order valence-corrected chi connectivity index (χ4v) is 2.36. The van der Waals surface area contributed by atoms with E-state index < -0.39 is 0 Å². The molecule has 19 heavy (non-hydrogen) atoms. The molecule has 1 aliphatic rings. The molecule has 0 aromatic carbocycles. The molecule has 0 saturated heterocycles. The van der Waals surface area contributed by atoms with Gasteiger partial charge in [0.15, 0.2) is 5.82 Å². The summed E-state index contributed by atoms with van der Waals surface area (Å²) < 4.78 is 1.80. The smallest absolute Gasteiger partial charge is 0.209 e. The molecule has 3 rings (SSSR count). The quantitative estimate of drug-likeness (QED) is 0.661. The third-order valence-corrected chi connectivity index (χ3v) is 3.67.